The second-order valence-electron chi connectivity index (χ2n) is 6.00. The fourth-order valence-corrected chi connectivity index (χ4v) is 4.33. The standard InChI is InChI=1S/C16H24N2O2S/c1-18(11-13-10-17-7-8-20-13)16(19)15-9-12-5-3-2-4-6-14(12)21-15/h9,13,17H,2-8,10-11H2,1H3. The Morgan fingerprint density at radius 3 is 3.10 bits per heavy atom. The quantitative estimate of drug-likeness (QED) is 0.869. The minimum absolute atomic E-state index is 0.116. The Bertz CT molecular complexity index is 471. The van der Waals surface area contributed by atoms with Crippen LogP contribution in [0.15, 0.2) is 6.07 Å². The molecule has 116 valence electrons. The van der Waals surface area contributed by atoms with Crippen LogP contribution in [0, 0.1) is 0 Å². The lowest BCUT2D eigenvalue weighted by Gasteiger charge is -2.27. The van der Waals surface area contributed by atoms with Gasteiger partial charge in [0.25, 0.3) is 5.91 Å². The second kappa shape index (κ2) is 6.90. The number of nitrogens with zero attached hydrogens (tertiary/aromatic N) is 1. The van der Waals surface area contributed by atoms with E-state index in [4.69, 9.17) is 4.74 Å². The lowest BCUT2D eigenvalue weighted by atomic mass is 10.1. The number of aryl methyl sites for hydroxylation is 2. The first-order valence-corrected chi connectivity index (χ1v) is 8.75. The molecule has 1 aliphatic heterocycles. The maximum absolute atomic E-state index is 12.6. The summed E-state index contributed by atoms with van der Waals surface area (Å²) in [5.74, 6) is 0.141. The van der Waals surface area contributed by atoms with E-state index >= 15 is 0 Å². The van der Waals surface area contributed by atoms with Gasteiger partial charge in [0.2, 0.25) is 0 Å². The molecular formula is C16H24N2O2S. The topological polar surface area (TPSA) is 41.6 Å². The van der Waals surface area contributed by atoms with Gasteiger partial charge in [-0.15, -0.1) is 11.3 Å². The van der Waals surface area contributed by atoms with Crippen LogP contribution in [0.5, 0.6) is 0 Å². The van der Waals surface area contributed by atoms with Crippen LogP contribution in [0.25, 0.3) is 0 Å². The van der Waals surface area contributed by atoms with Crippen molar-refractivity contribution in [1.82, 2.24) is 10.2 Å². The van der Waals surface area contributed by atoms with E-state index < -0.39 is 0 Å². The number of thiophene rings is 1. The Hall–Kier alpha value is -0.910. The van der Waals surface area contributed by atoms with E-state index in [1.165, 1.54) is 29.7 Å². The Kier molecular flexibility index (Phi) is 4.93. The summed E-state index contributed by atoms with van der Waals surface area (Å²) in [5.41, 5.74) is 1.41. The first kappa shape index (κ1) is 15.0. The second-order valence-corrected chi connectivity index (χ2v) is 7.14. The van der Waals surface area contributed by atoms with E-state index in [9.17, 15) is 4.79 Å². The largest absolute Gasteiger partial charge is 0.374 e. The van der Waals surface area contributed by atoms with Crippen LogP contribution < -0.4 is 5.32 Å². The van der Waals surface area contributed by atoms with Crippen molar-refractivity contribution in [3.8, 4) is 0 Å². The van der Waals surface area contributed by atoms with Gasteiger partial charge in [0, 0.05) is 31.6 Å². The van der Waals surface area contributed by atoms with E-state index in [1.54, 1.807) is 11.3 Å². The molecule has 1 atom stereocenters. The van der Waals surface area contributed by atoms with Crippen molar-refractivity contribution in [2.75, 3.05) is 33.3 Å². The third-order valence-corrected chi connectivity index (χ3v) is 5.51. The number of fused-ring (bicyclic) bond motifs is 1. The summed E-state index contributed by atoms with van der Waals surface area (Å²) in [5, 5.41) is 3.31. The van der Waals surface area contributed by atoms with Gasteiger partial charge >= 0.3 is 0 Å². The fraction of sp³-hybridized carbons (Fsp3) is 0.688. The van der Waals surface area contributed by atoms with Crippen molar-refractivity contribution in [3.05, 3.63) is 21.4 Å². The van der Waals surface area contributed by atoms with E-state index in [0.29, 0.717) is 6.54 Å². The van der Waals surface area contributed by atoms with Gasteiger partial charge in [-0.3, -0.25) is 4.79 Å². The molecule has 3 rings (SSSR count). The number of nitrogens with one attached hydrogen (secondary N) is 1. The zero-order valence-electron chi connectivity index (χ0n) is 12.7. The summed E-state index contributed by atoms with van der Waals surface area (Å²) in [6.07, 6.45) is 6.24. The predicted octanol–water partition coefficient (Wildman–Crippen LogP) is 2.08. The van der Waals surface area contributed by atoms with Gasteiger partial charge < -0.3 is 15.0 Å². The Morgan fingerprint density at radius 1 is 1.43 bits per heavy atom. The Balaban J connectivity index is 1.64. The number of amides is 1. The fourth-order valence-electron chi connectivity index (χ4n) is 3.09. The maximum atomic E-state index is 12.6. The number of hydrogen-bond donors (Lipinski definition) is 1. The molecule has 1 N–H and O–H groups in total. The van der Waals surface area contributed by atoms with Crippen LogP contribution in [0.3, 0.4) is 0 Å². The SMILES string of the molecule is CN(CC1CNCCO1)C(=O)c1cc2c(s1)CCCCC2. The van der Waals surface area contributed by atoms with Gasteiger partial charge in [-0.25, -0.2) is 0 Å². The normalized spacial score (nSPS) is 22.4. The molecule has 0 aromatic carbocycles. The van der Waals surface area contributed by atoms with Crippen LogP contribution in [-0.2, 0) is 17.6 Å². The number of likely N-dealkylation sites (N-methyl/N-ethyl adjacent to an activating group) is 1. The summed E-state index contributed by atoms with van der Waals surface area (Å²) in [6.45, 7) is 3.14. The van der Waals surface area contributed by atoms with Crippen LogP contribution in [0.1, 0.15) is 39.4 Å². The lowest BCUT2D eigenvalue weighted by Crippen LogP contribution is -2.45. The highest BCUT2D eigenvalue weighted by molar-refractivity contribution is 7.14. The number of morpholine rings is 1. The Morgan fingerprint density at radius 2 is 2.29 bits per heavy atom. The number of rotatable bonds is 3. The van der Waals surface area contributed by atoms with E-state index in [1.807, 2.05) is 11.9 Å². The first-order chi connectivity index (χ1) is 10.2. The van der Waals surface area contributed by atoms with Crippen LogP contribution in [0.2, 0.25) is 0 Å². The van der Waals surface area contributed by atoms with Crippen molar-refractivity contribution in [3.63, 3.8) is 0 Å². The molecule has 1 amide bonds. The molecule has 4 nitrogen and oxygen atoms in total. The summed E-state index contributed by atoms with van der Waals surface area (Å²) in [6, 6.07) is 2.13. The van der Waals surface area contributed by atoms with Crippen LogP contribution in [0.4, 0.5) is 0 Å². The van der Waals surface area contributed by atoms with E-state index in [0.717, 1.165) is 37.4 Å². The molecule has 0 spiro atoms. The molecule has 2 aliphatic rings. The summed E-state index contributed by atoms with van der Waals surface area (Å²) < 4.78 is 5.68. The molecule has 5 heteroatoms. The number of ether oxygens (including phenoxy) is 1. The predicted molar refractivity (Wildman–Crippen MR) is 85.1 cm³/mol. The minimum atomic E-state index is 0.116. The molecule has 0 bridgehead atoms. The molecule has 1 fully saturated rings. The van der Waals surface area contributed by atoms with Gasteiger partial charge in [-0.05, 0) is 37.3 Å². The average molecular weight is 308 g/mol. The lowest BCUT2D eigenvalue weighted by molar-refractivity contribution is 0.0105. The summed E-state index contributed by atoms with van der Waals surface area (Å²) in [7, 11) is 1.88. The van der Waals surface area contributed by atoms with Crippen molar-refractivity contribution in [2.45, 2.75) is 38.2 Å². The molecule has 0 radical (unpaired) electrons. The molecule has 1 aromatic rings. The molecule has 1 unspecified atom stereocenters. The van der Waals surface area contributed by atoms with Crippen LogP contribution >= 0.6 is 11.3 Å². The zero-order valence-corrected chi connectivity index (χ0v) is 13.5. The monoisotopic (exact) mass is 308 g/mol. The molecule has 21 heavy (non-hydrogen) atoms. The summed E-state index contributed by atoms with van der Waals surface area (Å²) >= 11 is 1.70. The van der Waals surface area contributed by atoms with Crippen LogP contribution in [-0.4, -0.2) is 50.2 Å². The van der Waals surface area contributed by atoms with Crippen molar-refractivity contribution >= 4 is 17.2 Å². The van der Waals surface area contributed by atoms with Gasteiger partial charge in [0.05, 0.1) is 17.6 Å². The Labute approximate surface area is 130 Å². The highest BCUT2D eigenvalue weighted by Crippen LogP contribution is 2.29. The van der Waals surface area contributed by atoms with E-state index in [2.05, 4.69) is 11.4 Å². The van der Waals surface area contributed by atoms with Gasteiger partial charge in [-0.1, -0.05) is 6.42 Å². The minimum Gasteiger partial charge on any atom is -0.374 e. The molecule has 1 aromatic heterocycles. The molecular weight excluding hydrogens is 284 g/mol. The van der Waals surface area contributed by atoms with Gasteiger partial charge in [0.15, 0.2) is 0 Å². The number of carbonyl (C=O) groups excluding carboxylic acids is 1. The number of hydrogen-bond acceptors (Lipinski definition) is 4. The number of carbonyl (C=O) groups is 1. The highest BCUT2D eigenvalue weighted by Gasteiger charge is 2.22. The molecule has 1 saturated heterocycles. The molecule has 0 saturated carbocycles. The third kappa shape index (κ3) is 3.65. The van der Waals surface area contributed by atoms with Crippen molar-refractivity contribution < 1.29 is 9.53 Å². The first-order valence-electron chi connectivity index (χ1n) is 7.93. The highest BCUT2D eigenvalue weighted by atomic mass is 32.1. The molecule has 1 aliphatic carbocycles. The smallest absolute Gasteiger partial charge is 0.263 e. The van der Waals surface area contributed by atoms with Gasteiger partial charge in [0.1, 0.15) is 0 Å². The molecule has 2 heterocycles. The van der Waals surface area contributed by atoms with Crippen molar-refractivity contribution in [1.29, 1.82) is 0 Å². The van der Waals surface area contributed by atoms with Gasteiger partial charge in [-0.2, -0.15) is 0 Å². The van der Waals surface area contributed by atoms with E-state index in [-0.39, 0.29) is 12.0 Å². The van der Waals surface area contributed by atoms with Crippen molar-refractivity contribution in [2.24, 2.45) is 0 Å². The maximum Gasteiger partial charge on any atom is 0.263 e. The zero-order chi connectivity index (χ0) is 14.7. The third-order valence-electron chi connectivity index (χ3n) is 4.29. The summed E-state index contributed by atoms with van der Waals surface area (Å²) in [4.78, 5) is 16.7. The average Bonchev–Trinajstić information content (AvgIpc) is 2.78.